The summed E-state index contributed by atoms with van der Waals surface area (Å²) in [6, 6.07) is 7.30. The number of hydrogen-bond acceptors (Lipinski definition) is 4. The normalized spacial score (nSPS) is 21.6. The molecule has 1 aliphatic heterocycles. The predicted molar refractivity (Wildman–Crippen MR) is 84.2 cm³/mol. The van der Waals surface area contributed by atoms with Gasteiger partial charge in [-0.15, -0.1) is 12.4 Å². The van der Waals surface area contributed by atoms with Crippen LogP contribution in [-0.2, 0) is 4.74 Å². The third kappa shape index (κ3) is 3.87. The Bertz CT molecular complexity index is 470. The van der Waals surface area contributed by atoms with Gasteiger partial charge in [0.05, 0.1) is 18.8 Å². The van der Waals surface area contributed by atoms with E-state index in [2.05, 4.69) is 0 Å². The van der Waals surface area contributed by atoms with E-state index in [1.54, 1.807) is 26.4 Å². The molecule has 21 heavy (non-hydrogen) atoms. The Morgan fingerprint density at radius 1 is 1.38 bits per heavy atom. The number of likely N-dealkylation sites (tertiary alicyclic amines) is 1. The highest BCUT2D eigenvalue weighted by atomic mass is 35.5. The van der Waals surface area contributed by atoms with E-state index < -0.39 is 0 Å². The van der Waals surface area contributed by atoms with E-state index in [0.29, 0.717) is 24.4 Å². The van der Waals surface area contributed by atoms with Crippen LogP contribution in [0, 0.1) is 0 Å². The number of nitrogens with zero attached hydrogens (tertiary/aromatic N) is 1. The lowest BCUT2D eigenvalue weighted by Crippen LogP contribution is -2.51. The lowest BCUT2D eigenvalue weighted by molar-refractivity contribution is 0.0137. The molecule has 0 aromatic heterocycles. The smallest absolute Gasteiger partial charge is 0.257 e. The van der Waals surface area contributed by atoms with Crippen molar-refractivity contribution in [3.63, 3.8) is 0 Å². The summed E-state index contributed by atoms with van der Waals surface area (Å²) in [5.41, 5.74) is 6.40. The average Bonchev–Trinajstić information content (AvgIpc) is 2.53. The molecule has 2 N–H and O–H groups in total. The number of rotatable bonds is 4. The summed E-state index contributed by atoms with van der Waals surface area (Å²) in [6.45, 7) is 1.11. The van der Waals surface area contributed by atoms with Crippen molar-refractivity contribution in [3.05, 3.63) is 29.8 Å². The minimum atomic E-state index is -0.0209. The average molecular weight is 315 g/mol. The molecule has 1 aliphatic rings. The molecule has 1 aromatic carbocycles. The molecule has 6 heteroatoms. The summed E-state index contributed by atoms with van der Waals surface area (Å²) in [5, 5.41) is 0. The second-order valence-corrected chi connectivity index (χ2v) is 4.97. The Morgan fingerprint density at radius 3 is 2.71 bits per heavy atom. The lowest BCUT2D eigenvalue weighted by atomic mass is 9.98. The van der Waals surface area contributed by atoms with Gasteiger partial charge in [-0.3, -0.25) is 4.79 Å². The van der Waals surface area contributed by atoms with Crippen LogP contribution in [0.3, 0.4) is 0 Å². The third-order valence-corrected chi connectivity index (χ3v) is 3.87. The highest BCUT2D eigenvalue weighted by Gasteiger charge is 2.32. The van der Waals surface area contributed by atoms with Crippen molar-refractivity contribution in [1.29, 1.82) is 0 Å². The van der Waals surface area contributed by atoms with Gasteiger partial charge in [-0.25, -0.2) is 0 Å². The van der Waals surface area contributed by atoms with Gasteiger partial charge < -0.3 is 20.1 Å². The first kappa shape index (κ1) is 17.8. The number of nitrogens with two attached hydrogens (primary N) is 1. The third-order valence-electron chi connectivity index (χ3n) is 3.87. The Kier molecular flexibility index (Phi) is 6.95. The Morgan fingerprint density at radius 2 is 2.10 bits per heavy atom. The fraction of sp³-hybridized carbons (Fsp3) is 0.533. The summed E-state index contributed by atoms with van der Waals surface area (Å²) >= 11 is 0. The predicted octanol–water partition coefficient (Wildman–Crippen LogP) is 1.70. The molecule has 5 nitrogen and oxygen atoms in total. The van der Waals surface area contributed by atoms with Crippen LogP contribution in [0.2, 0.25) is 0 Å². The monoisotopic (exact) mass is 314 g/mol. The molecule has 1 fully saturated rings. The van der Waals surface area contributed by atoms with Gasteiger partial charge in [0.25, 0.3) is 5.91 Å². The first-order valence-electron chi connectivity index (χ1n) is 6.88. The first-order valence-corrected chi connectivity index (χ1v) is 6.88. The van der Waals surface area contributed by atoms with Gasteiger partial charge in [0.1, 0.15) is 5.75 Å². The Hall–Kier alpha value is -1.30. The minimum Gasteiger partial charge on any atom is -0.496 e. The lowest BCUT2D eigenvalue weighted by Gasteiger charge is -2.38. The number of ether oxygens (including phenoxy) is 2. The largest absolute Gasteiger partial charge is 0.496 e. The van der Waals surface area contributed by atoms with Crippen molar-refractivity contribution in [2.24, 2.45) is 5.73 Å². The van der Waals surface area contributed by atoms with Crippen molar-refractivity contribution in [2.75, 3.05) is 27.3 Å². The van der Waals surface area contributed by atoms with Gasteiger partial charge in [-0.2, -0.15) is 0 Å². The number of benzene rings is 1. The molecule has 1 heterocycles. The van der Waals surface area contributed by atoms with Crippen LogP contribution in [0.15, 0.2) is 24.3 Å². The standard InChI is InChI=1S/C15H22N2O3.ClH/c1-19-12-7-8-17(11(9-12)10-16)15(18)13-5-3-4-6-14(13)20-2;/h3-6,11-12H,7-10,16H2,1-2H3;1H. The van der Waals surface area contributed by atoms with Crippen molar-refractivity contribution in [1.82, 2.24) is 4.90 Å². The van der Waals surface area contributed by atoms with Crippen LogP contribution < -0.4 is 10.5 Å². The van der Waals surface area contributed by atoms with Crippen LogP contribution in [0.25, 0.3) is 0 Å². The molecule has 1 saturated heterocycles. The molecule has 0 aliphatic carbocycles. The van der Waals surface area contributed by atoms with Gasteiger partial charge in [-0.05, 0) is 25.0 Å². The molecular weight excluding hydrogens is 292 g/mol. The molecule has 2 unspecified atom stereocenters. The molecular formula is C15H23ClN2O3. The molecule has 2 atom stereocenters. The summed E-state index contributed by atoms with van der Waals surface area (Å²) in [5.74, 6) is 0.578. The van der Waals surface area contributed by atoms with Crippen LogP contribution >= 0.6 is 12.4 Å². The van der Waals surface area contributed by atoms with Crippen molar-refractivity contribution in [2.45, 2.75) is 25.0 Å². The maximum atomic E-state index is 12.7. The number of halogens is 1. The van der Waals surface area contributed by atoms with Crippen LogP contribution in [0.4, 0.5) is 0 Å². The van der Waals surface area contributed by atoms with E-state index >= 15 is 0 Å². The van der Waals surface area contributed by atoms with Gasteiger partial charge >= 0.3 is 0 Å². The van der Waals surface area contributed by atoms with Gasteiger partial charge in [0, 0.05) is 26.2 Å². The molecule has 0 saturated carbocycles. The van der Waals surface area contributed by atoms with E-state index in [0.717, 1.165) is 12.8 Å². The topological polar surface area (TPSA) is 64.8 Å². The summed E-state index contributed by atoms with van der Waals surface area (Å²) in [4.78, 5) is 14.5. The Balaban J connectivity index is 0.00000220. The maximum absolute atomic E-state index is 12.7. The quantitative estimate of drug-likeness (QED) is 0.918. The molecule has 0 spiro atoms. The van der Waals surface area contributed by atoms with E-state index in [-0.39, 0.29) is 30.5 Å². The number of carbonyl (C=O) groups excluding carboxylic acids is 1. The SMILES string of the molecule is COc1ccccc1C(=O)N1CCC(OC)CC1CN.Cl. The van der Waals surface area contributed by atoms with E-state index in [9.17, 15) is 4.79 Å². The highest BCUT2D eigenvalue weighted by molar-refractivity contribution is 5.97. The van der Waals surface area contributed by atoms with Crippen LogP contribution in [-0.4, -0.2) is 50.3 Å². The van der Waals surface area contributed by atoms with E-state index in [1.807, 2.05) is 17.0 Å². The van der Waals surface area contributed by atoms with Crippen LogP contribution in [0.5, 0.6) is 5.75 Å². The fourth-order valence-electron chi connectivity index (χ4n) is 2.70. The molecule has 118 valence electrons. The summed E-state index contributed by atoms with van der Waals surface area (Å²) in [6.07, 6.45) is 1.81. The second-order valence-electron chi connectivity index (χ2n) is 4.97. The first-order chi connectivity index (χ1) is 9.71. The zero-order valence-corrected chi connectivity index (χ0v) is 13.3. The van der Waals surface area contributed by atoms with E-state index in [1.165, 1.54) is 0 Å². The number of amides is 1. The molecule has 0 radical (unpaired) electrons. The number of para-hydroxylation sites is 1. The number of hydrogen-bond donors (Lipinski definition) is 1. The number of methoxy groups -OCH3 is 2. The van der Waals surface area contributed by atoms with Gasteiger partial charge in [-0.1, -0.05) is 12.1 Å². The zero-order valence-electron chi connectivity index (χ0n) is 12.5. The maximum Gasteiger partial charge on any atom is 0.257 e. The Labute approximate surface area is 131 Å². The number of carbonyl (C=O) groups is 1. The van der Waals surface area contributed by atoms with Gasteiger partial charge in [0.15, 0.2) is 0 Å². The van der Waals surface area contributed by atoms with E-state index in [4.69, 9.17) is 15.2 Å². The number of piperidine rings is 1. The molecule has 0 bridgehead atoms. The van der Waals surface area contributed by atoms with Crippen molar-refractivity contribution >= 4 is 18.3 Å². The highest BCUT2D eigenvalue weighted by Crippen LogP contribution is 2.25. The fourth-order valence-corrected chi connectivity index (χ4v) is 2.70. The summed E-state index contributed by atoms with van der Waals surface area (Å²) in [7, 11) is 3.28. The minimum absolute atomic E-state index is 0. The second kappa shape index (κ2) is 8.22. The molecule has 1 amide bonds. The van der Waals surface area contributed by atoms with Crippen LogP contribution in [0.1, 0.15) is 23.2 Å². The van der Waals surface area contributed by atoms with Crippen molar-refractivity contribution < 1.29 is 14.3 Å². The summed E-state index contributed by atoms with van der Waals surface area (Å²) < 4.78 is 10.6. The zero-order chi connectivity index (χ0) is 14.5. The van der Waals surface area contributed by atoms with Gasteiger partial charge in [0.2, 0.25) is 0 Å². The molecule has 1 aromatic rings. The van der Waals surface area contributed by atoms with Crippen molar-refractivity contribution in [3.8, 4) is 5.75 Å². The molecule has 2 rings (SSSR count).